The smallest absolute Gasteiger partial charge is 0.312 e. The standard InChI is InChI=1S/C13H19N3O3S/c1-13(2,6-9(14)17)16-12-15-10-7(11(18)19)4-3-5-8(10)20-12/h7H,3-6H2,1-2H3,(H2,14,17)(H,15,16)(H,18,19). The molecule has 0 bridgehead atoms. The molecular formula is C13H19N3O3S. The van der Waals surface area contributed by atoms with Crippen molar-refractivity contribution in [3.63, 3.8) is 0 Å². The first-order valence-corrected chi connectivity index (χ1v) is 7.39. The van der Waals surface area contributed by atoms with E-state index in [1.807, 2.05) is 13.8 Å². The van der Waals surface area contributed by atoms with Gasteiger partial charge in [0.25, 0.3) is 0 Å². The molecule has 1 unspecified atom stereocenters. The topological polar surface area (TPSA) is 105 Å². The number of rotatable bonds is 5. The molecule has 6 nitrogen and oxygen atoms in total. The van der Waals surface area contributed by atoms with Gasteiger partial charge in [-0.2, -0.15) is 0 Å². The van der Waals surface area contributed by atoms with Gasteiger partial charge in [-0.15, -0.1) is 11.3 Å². The second-order valence-electron chi connectivity index (χ2n) is 5.76. The van der Waals surface area contributed by atoms with Crippen molar-refractivity contribution in [3.8, 4) is 0 Å². The van der Waals surface area contributed by atoms with E-state index in [9.17, 15) is 14.7 Å². The van der Waals surface area contributed by atoms with Gasteiger partial charge in [-0.1, -0.05) is 0 Å². The van der Waals surface area contributed by atoms with Crippen molar-refractivity contribution in [1.82, 2.24) is 4.98 Å². The van der Waals surface area contributed by atoms with Crippen LogP contribution in [-0.4, -0.2) is 27.5 Å². The first-order valence-electron chi connectivity index (χ1n) is 6.57. The minimum Gasteiger partial charge on any atom is -0.481 e. The van der Waals surface area contributed by atoms with Crippen LogP contribution in [-0.2, 0) is 16.0 Å². The molecule has 1 amide bonds. The van der Waals surface area contributed by atoms with E-state index in [0.717, 1.165) is 17.7 Å². The molecule has 1 aliphatic carbocycles. The highest BCUT2D eigenvalue weighted by atomic mass is 32.1. The normalized spacial score (nSPS) is 18.4. The van der Waals surface area contributed by atoms with Crippen LogP contribution in [0.2, 0.25) is 0 Å². The second kappa shape index (κ2) is 5.40. The Morgan fingerprint density at radius 3 is 2.85 bits per heavy atom. The summed E-state index contributed by atoms with van der Waals surface area (Å²) in [6.07, 6.45) is 2.57. The molecular weight excluding hydrogens is 278 g/mol. The quantitative estimate of drug-likeness (QED) is 0.767. The molecule has 7 heteroatoms. The molecule has 1 aliphatic rings. The van der Waals surface area contributed by atoms with Crippen molar-refractivity contribution in [2.45, 2.75) is 51.0 Å². The Hall–Kier alpha value is -1.63. The van der Waals surface area contributed by atoms with Crippen molar-refractivity contribution < 1.29 is 14.7 Å². The summed E-state index contributed by atoms with van der Waals surface area (Å²) >= 11 is 1.47. The maximum Gasteiger partial charge on any atom is 0.312 e. The Morgan fingerprint density at radius 1 is 1.55 bits per heavy atom. The SMILES string of the molecule is CC(C)(CC(N)=O)Nc1nc2c(s1)CCCC2C(=O)O. The van der Waals surface area contributed by atoms with Gasteiger partial charge in [0.05, 0.1) is 5.69 Å². The lowest BCUT2D eigenvalue weighted by atomic mass is 9.91. The number of carbonyl (C=O) groups excluding carboxylic acids is 1. The van der Waals surface area contributed by atoms with E-state index in [1.54, 1.807) is 0 Å². The molecule has 1 aromatic rings. The van der Waals surface area contributed by atoms with E-state index in [-0.39, 0.29) is 12.3 Å². The molecule has 0 aromatic carbocycles. The summed E-state index contributed by atoms with van der Waals surface area (Å²) in [5, 5.41) is 13.1. The zero-order valence-electron chi connectivity index (χ0n) is 11.6. The highest BCUT2D eigenvalue weighted by Gasteiger charge is 2.31. The fourth-order valence-corrected chi connectivity index (χ4v) is 3.73. The van der Waals surface area contributed by atoms with E-state index in [1.165, 1.54) is 11.3 Å². The van der Waals surface area contributed by atoms with Gasteiger partial charge in [-0.25, -0.2) is 4.98 Å². The fourth-order valence-electron chi connectivity index (χ4n) is 2.48. The highest BCUT2D eigenvalue weighted by Crippen LogP contribution is 2.37. The summed E-state index contributed by atoms with van der Waals surface area (Å²) in [7, 11) is 0. The number of nitrogens with two attached hydrogens (primary N) is 1. The molecule has 0 saturated heterocycles. The number of anilines is 1. The third-order valence-electron chi connectivity index (χ3n) is 3.31. The van der Waals surface area contributed by atoms with Gasteiger partial charge < -0.3 is 16.2 Å². The van der Waals surface area contributed by atoms with Gasteiger partial charge in [0.1, 0.15) is 5.92 Å². The Kier molecular flexibility index (Phi) is 3.99. The van der Waals surface area contributed by atoms with Crippen LogP contribution in [0.15, 0.2) is 0 Å². The van der Waals surface area contributed by atoms with Gasteiger partial charge in [-0.05, 0) is 33.1 Å². The lowest BCUT2D eigenvalue weighted by molar-refractivity contribution is -0.139. The van der Waals surface area contributed by atoms with Crippen LogP contribution in [0, 0.1) is 0 Å². The first kappa shape index (κ1) is 14.8. The van der Waals surface area contributed by atoms with Gasteiger partial charge in [-0.3, -0.25) is 9.59 Å². The third kappa shape index (κ3) is 3.27. The van der Waals surface area contributed by atoms with Crippen LogP contribution in [0.25, 0.3) is 0 Å². The number of primary amides is 1. The number of aromatic nitrogens is 1. The summed E-state index contributed by atoms with van der Waals surface area (Å²) in [6, 6.07) is 0. The monoisotopic (exact) mass is 297 g/mol. The average Bonchev–Trinajstić information content (AvgIpc) is 2.66. The number of nitrogens with one attached hydrogen (secondary N) is 1. The summed E-state index contributed by atoms with van der Waals surface area (Å²) in [4.78, 5) is 27.7. The predicted molar refractivity (Wildman–Crippen MR) is 76.9 cm³/mol. The zero-order valence-corrected chi connectivity index (χ0v) is 12.4. The number of carboxylic acids is 1. The number of hydrogen-bond acceptors (Lipinski definition) is 5. The molecule has 0 radical (unpaired) electrons. The Labute approximate surface area is 121 Å². The van der Waals surface area contributed by atoms with E-state index in [4.69, 9.17) is 5.73 Å². The van der Waals surface area contributed by atoms with Crippen LogP contribution in [0.5, 0.6) is 0 Å². The molecule has 110 valence electrons. The number of aliphatic carboxylic acids is 1. The number of fused-ring (bicyclic) bond motifs is 1. The van der Waals surface area contributed by atoms with Gasteiger partial charge >= 0.3 is 5.97 Å². The lowest BCUT2D eigenvalue weighted by Crippen LogP contribution is -2.35. The van der Waals surface area contributed by atoms with Crippen molar-refractivity contribution >= 4 is 28.3 Å². The van der Waals surface area contributed by atoms with Crippen molar-refractivity contribution in [2.24, 2.45) is 5.73 Å². The molecule has 1 aromatic heterocycles. The minimum atomic E-state index is -0.820. The number of carboxylic acid groups (broad SMARTS) is 1. The molecule has 2 rings (SSSR count). The van der Waals surface area contributed by atoms with Crippen LogP contribution in [0.4, 0.5) is 5.13 Å². The molecule has 0 fully saturated rings. The molecule has 0 spiro atoms. The van der Waals surface area contributed by atoms with Crippen LogP contribution in [0.3, 0.4) is 0 Å². The van der Waals surface area contributed by atoms with E-state index in [2.05, 4.69) is 10.3 Å². The zero-order chi connectivity index (χ0) is 14.9. The molecule has 1 heterocycles. The summed E-state index contributed by atoms with van der Waals surface area (Å²) in [6.45, 7) is 3.74. The summed E-state index contributed by atoms with van der Waals surface area (Å²) in [5.74, 6) is -1.71. The van der Waals surface area contributed by atoms with E-state index in [0.29, 0.717) is 17.2 Å². The minimum absolute atomic E-state index is 0.194. The molecule has 0 aliphatic heterocycles. The maximum atomic E-state index is 11.2. The van der Waals surface area contributed by atoms with Gasteiger partial charge in [0.15, 0.2) is 5.13 Å². The number of thiazole rings is 1. The summed E-state index contributed by atoms with van der Waals surface area (Å²) in [5.41, 5.74) is 5.40. The highest BCUT2D eigenvalue weighted by molar-refractivity contribution is 7.15. The van der Waals surface area contributed by atoms with Crippen molar-refractivity contribution in [1.29, 1.82) is 0 Å². The molecule has 20 heavy (non-hydrogen) atoms. The maximum absolute atomic E-state index is 11.2. The largest absolute Gasteiger partial charge is 0.481 e. The van der Waals surface area contributed by atoms with Crippen LogP contribution >= 0.6 is 11.3 Å². The average molecular weight is 297 g/mol. The molecule has 1 atom stereocenters. The van der Waals surface area contributed by atoms with E-state index >= 15 is 0 Å². The van der Waals surface area contributed by atoms with Crippen LogP contribution < -0.4 is 11.1 Å². The number of nitrogens with zero attached hydrogens (tertiary/aromatic N) is 1. The number of carbonyl (C=O) groups is 2. The second-order valence-corrected chi connectivity index (χ2v) is 6.85. The number of amides is 1. The Bertz CT molecular complexity index is 539. The van der Waals surface area contributed by atoms with Crippen LogP contribution in [0.1, 0.15) is 49.6 Å². The Balaban J connectivity index is 2.19. The van der Waals surface area contributed by atoms with Gasteiger partial charge in [0, 0.05) is 16.8 Å². The summed E-state index contributed by atoms with van der Waals surface area (Å²) < 4.78 is 0. The number of hydrogen-bond donors (Lipinski definition) is 3. The molecule has 0 saturated carbocycles. The van der Waals surface area contributed by atoms with Gasteiger partial charge in [0.2, 0.25) is 5.91 Å². The predicted octanol–water partition coefficient (Wildman–Crippen LogP) is 1.71. The number of aryl methyl sites for hydroxylation is 1. The molecule has 4 N–H and O–H groups in total. The Morgan fingerprint density at radius 2 is 2.25 bits per heavy atom. The van der Waals surface area contributed by atoms with E-state index < -0.39 is 17.4 Å². The first-order chi connectivity index (χ1) is 9.28. The third-order valence-corrected chi connectivity index (χ3v) is 4.36. The van der Waals surface area contributed by atoms with Crippen molar-refractivity contribution in [3.05, 3.63) is 10.6 Å². The van der Waals surface area contributed by atoms with Crippen molar-refractivity contribution in [2.75, 3.05) is 5.32 Å². The lowest BCUT2D eigenvalue weighted by Gasteiger charge is -2.24. The fraction of sp³-hybridized carbons (Fsp3) is 0.615.